The monoisotopic (exact) mass is 227 g/mol. The lowest BCUT2D eigenvalue weighted by atomic mass is 10.2. The number of halogens is 4. The Balaban J connectivity index is 3.37. The van der Waals surface area contributed by atoms with Crippen LogP contribution in [0.25, 0.3) is 0 Å². The molecule has 0 fully saturated rings. The fourth-order valence-corrected chi connectivity index (χ4v) is 1.39. The maximum absolute atomic E-state index is 12.2. The Morgan fingerprint density at radius 1 is 1.31 bits per heavy atom. The second kappa shape index (κ2) is 3.31. The molecule has 0 heterocycles. The van der Waals surface area contributed by atoms with Gasteiger partial charge < -0.3 is 5.73 Å². The van der Waals surface area contributed by atoms with E-state index in [1.54, 1.807) is 0 Å². The molecular weight excluding hydrogens is 223 g/mol. The molecule has 1 aromatic rings. The third-order valence-corrected chi connectivity index (χ3v) is 1.99. The smallest absolute Gasteiger partial charge is 0.397 e. The van der Waals surface area contributed by atoms with Gasteiger partial charge >= 0.3 is 6.18 Å². The molecule has 2 N–H and O–H groups in total. The van der Waals surface area contributed by atoms with Crippen molar-refractivity contribution in [1.29, 1.82) is 0 Å². The average molecular weight is 228 g/mol. The Labute approximate surface area is 83.1 Å². The number of hydrogen-bond donors (Lipinski definition) is 2. The molecule has 0 radical (unpaired) electrons. The van der Waals surface area contributed by atoms with Crippen LogP contribution in [0.4, 0.5) is 18.9 Å². The van der Waals surface area contributed by atoms with Crippen molar-refractivity contribution in [3.05, 3.63) is 22.7 Å². The van der Waals surface area contributed by atoms with Gasteiger partial charge in [-0.05, 0) is 12.1 Å². The van der Waals surface area contributed by atoms with Crippen LogP contribution in [0.2, 0.25) is 5.02 Å². The highest BCUT2D eigenvalue weighted by atomic mass is 35.5. The number of alkyl halides is 3. The van der Waals surface area contributed by atoms with Crippen molar-refractivity contribution in [2.45, 2.75) is 11.1 Å². The lowest BCUT2D eigenvalue weighted by molar-refractivity contribution is -0.137. The van der Waals surface area contributed by atoms with Gasteiger partial charge in [0, 0.05) is 4.90 Å². The van der Waals surface area contributed by atoms with E-state index in [0.29, 0.717) is 0 Å². The normalized spacial score (nSPS) is 11.8. The molecule has 0 unspecified atom stereocenters. The number of hydrogen-bond acceptors (Lipinski definition) is 2. The molecule has 1 aromatic carbocycles. The third-order valence-electron chi connectivity index (χ3n) is 1.42. The fourth-order valence-electron chi connectivity index (χ4n) is 0.838. The number of nitrogen functional groups attached to an aromatic ring is 1. The van der Waals surface area contributed by atoms with Crippen molar-refractivity contribution < 1.29 is 13.2 Å². The van der Waals surface area contributed by atoms with Crippen LogP contribution >= 0.6 is 24.2 Å². The summed E-state index contributed by atoms with van der Waals surface area (Å²) in [5.41, 5.74) is 3.73. The minimum Gasteiger partial charge on any atom is -0.397 e. The zero-order valence-corrected chi connectivity index (χ0v) is 7.84. The van der Waals surface area contributed by atoms with E-state index >= 15 is 0 Å². The van der Waals surface area contributed by atoms with Gasteiger partial charge in [0.2, 0.25) is 0 Å². The minimum absolute atomic E-state index is 0.131. The molecule has 0 aromatic heterocycles. The SMILES string of the molecule is Nc1c(Cl)cc(S)cc1C(F)(F)F. The molecule has 0 aliphatic heterocycles. The Morgan fingerprint density at radius 3 is 2.31 bits per heavy atom. The quantitative estimate of drug-likeness (QED) is 0.517. The molecule has 6 heteroatoms. The molecule has 1 nitrogen and oxygen atoms in total. The van der Waals surface area contributed by atoms with Crippen LogP contribution in [0.5, 0.6) is 0 Å². The summed E-state index contributed by atoms with van der Waals surface area (Å²) in [5.74, 6) is 0. The lowest BCUT2D eigenvalue weighted by Crippen LogP contribution is -2.09. The molecule has 0 saturated heterocycles. The van der Waals surface area contributed by atoms with Crippen molar-refractivity contribution >= 4 is 29.9 Å². The van der Waals surface area contributed by atoms with Crippen LogP contribution in [-0.4, -0.2) is 0 Å². The predicted octanol–water partition coefficient (Wildman–Crippen LogP) is 3.23. The van der Waals surface area contributed by atoms with Gasteiger partial charge in [0.05, 0.1) is 16.3 Å². The van der Waals surface area contributed by atoms with Crippen molar-refractivity contribution in [3.8, 4) is 0 Å². The van der Waals surface area contributed by atoms with E-state index in [1.165, 1.54) is 6.07 Å². The van der Waals surface area contributed by atoms with Gasteiger partial charge in [-0.1, -0.05) is 11.6 Å². The van der Waals surface area contributed by atoms with E-state index < -0.39 is 17.4 Å². The summed E-state index contributed by atoms with van der Waals surface area (Å²) in [7, 11) is 0. The molecule has 0 aliphatic rings. The zero-order valence-electron chi connectivity index (χ0n) is 6.19. The molecule has 0 saturated carbocycles. The minimum atomic E-state index is -4.49. The van der Waals surface area contributed by atoms with Crippen LogP contribution in [0, 0.1) is 0 Å². The number of anilines is 1. The number of thiol groups is 1. The van der Waals surface area contributed by atoms with Crippen molar-refractivity contribution in [2.75, 3.05) is 5.73 Å². The number of nitrogens with two attached hydrogens (primary N) is 1. The molecule has 0 aliphatic carbocycles. The highest BCUT2D eigenvalue weighted by molar-refractivity contribution is 7.80. The maximum Gasteiger partial charge on any atom is 0.418 e. The first kappa shape index (κ1) is 10.5. The van der Waals surface area contributed by atoms with Gasteiger partial charge in [-0.2, -0.15) is 13.2 Å². The molecule has 72 valence electrons. The van der Waals surface area contributed by atoms with Crippen LogP contribution < -0.4 is 5.73 Å². The van der Waals surface area contributed by atoms with Crippen LogP contribution in [-0.2, 0) is 6.18 Å². The van der Waals surface area contributed by atoms with E-state index in [4.69, 9.17) is 17.3 Å². The highest BCUT2D eigenvalue weighted by Gasteiger charge is 2.33. The fraction of sp³-hybridized carbons (Fsp3) is 0.143. The van der Waals surface area contributed by atoms with E-state index in [2.05, 4.69) is 12.6 Å². The third kappa shape index (κ3) is 2.22. The molecule has 13 heavy (non-hydrogen) atoms. The van der Waals surface area contributed by atoms with Gasteiger partial charge in [-0.3, -0.25) is 0 Å². The van der Waals surface area contributed by atoms with Gasteiger partial charge in [0.15, 0.2) is 0 Å². The van der Waals surface area contributed by atoms with Crippen LogP contribution in [0.15, 0.2) is 17.0 Å². The van der Waals surface area contributed by atoms with E-state index in [9.17, 15) is 13.2 Å². The average Bonchev–Trinajstić information content (AvgIpc) is 1.94. The first-order chi connectivity index (χ1) is 5.82. The van der Waals surface area contributed by atoms with Gasteiger partial charge in [-0.25, -0.2) is 0 Å². The highest BCUT2D eigenvalue weighted by Crippen LogP contribution is 2.38. The van der Waals surface area contributed by atoms with E-state index in [-0.39, 0.29) is 9.92 Å². The summed E-state index contributed by atoms with van der Waals surface area (Å²) in [5, 5.41) is -0.139. The topological polar surface area (TPSA) is 26.0 Å². The summed E-state index contributed by atoms with van der Waals surface area (Å²) in [6.45, 7) is 0. The van der Waals surface area contributed by atoms with Crippen molar-refractivity contribution in [3.63, 3.8) is 0 Å². The van der Waals surface area contributed by atoms with E-state index in [1.807, 2.05) is 0 Å². The molecule has 1 rings (SSSR count). The zero-order chi connectivity index (χ0) is 10.2. The summed E-state index contributed by atoms with van der Waals surface area (Å²) in [6, 6.07) is 2.10. The first-order valence-corrected chi connectivity index (χ1v) is 4.00. The largest absolute Gasteiger partial charge is 0.418 e. The second-order valence-corrected chi connectivity index (χ2v) is 3.31. The van der Waals surface area contributed by atoms with Gasteiger partial charge in [0.1, 0.15) is 0 Å². The van der Waals surface area contributed by atoms with Crippen LogP contribution in [0.3, 0.4) is 0 Å². The standard InChI is InChI=1S/C7H5ClF3NS/c8-5-2-3(13)1-4(6(5)12)7(9,10)11/h1-2,13H,12H2. The summed E-state index contributed by atoms with van der Waals surface area (Å²) in [4.78, 5) is 0.131. The Bertz CT molecular complexity index is 337. The molecule has 0 amide bonds. The lowest BCUT2D eigenvalue weighted by Gasteiger charge is -2.11. The molecule has 0 spiro atoms. The molecule has 0 atom stereocenters. The molecular formula is C7H5ClF3NS. The summed E-state index contributed by atoms with van der Waals surface area (Å²) >= 11 is 9.21. The van der Waals surface area contributed by atoms with Crippen molar-refractivity contribution in [2.24, 2.45) is 0 Å². The predicted molar refractivity (Wildman–Crippen MR) is 48.1 cm³/mol. The number of rotatable bonds is 0. The second-order valence-electron chi connectivity index (χ2n) is 2.39. The summed E-state index contributed by atoms with van der Waals surface area (Å²) < 4.78 is 36.7. The Kier molecular flexibility index (Phi) is 2.68. The van der Waals surface area contributed by atoms with Crippen molar-refractivity contribution in [1.82, 2.24) is 0 Å². The van der Waals surface area contributed by atoms with Gasteiger partial charge in [0.25, 0.3) is 0 Å². The van der Waals surface area contributed by atoms with E-state index in [0.717, 1.165) is 6.07 Å². The maximum atomic E-state index is 12.2. The van der Waals surface area contributed by atoms with Gasteiger partial charge in [-0.15, -0.1) is 12.6 Å². The Morgan fingerprint density at radius 2 is 1.85 bits per heavy atom. The summed E-state index contributed by atoms with van der Waals surface area (Å²) in [6.07, 6.45) is -4.49. The first-order valence-electron chi connectivity index (χ1n) is 3.17. The van der Waals surface area contributed by atoms with Crippen LogP contribution in [0.1, 0.15) is 5.56 Å². The number of benzene rings is 1. The Hall–Kier alpha value is -0.550. The molecule has 0 bridgehead atoms.